The molecule has 22 heavy (non-hydrogen) atoms. The zero-order chi connectivity index (χ0) is 16.5. The van der Waals surface area contributed by atoms with Crippen LogP contribution in [0.1, 0.15) is 5.56 Å². The normalized spacial score (nSPS) is 12.1. The van der Waals surface area contributed by atoms with Crippen LogP contribution < -0.4 is 9.86 Å². The third-order valence-electron chi connectivity index (χ3n) is 2.87. The van der Waals surface area contributed by atoms with E-state index in [2.05, 4.69) is 4.72 Å². The van der Waals surface area contributed by atoms with Crippen LogP contribution in [0.3, 0.4) is 0 Å². The van der Waals surface area contributed by atoms with Crippen molar-refractivity contribution in [1.29, 1.82) is 0 Å². The lowest BCUT2D eigenvalue weighted by Crippen LogP contribution is -2.15. The summed E-state index contributed by atoms with van der Waals surface area (Å²) >= 11 is 0. The molecule has 9 heteroatoms. The van der Waals surface area contributed by atoms with Crippen LogP contribution >= 0.6 is 0 Å². The van der Waals surface area contributed by atoms with Crippen LogP contribution in [0.15, 0.2) is 52.3 Å². The van der Waals surface area contributed by atoms with E-state index in [1.165, 1.54) is 37.3 Å². The van der Waals surface area contributed by atoms with E-state index in [-0.39, 0.29) is 15.5 Å². The minimum Gasteiger partial charge on any atom is -0.280 e. The number of sulfonamides is 2. The summed E-state index contributed by atoms with van der Waals surface area (Å²) in [6.45, 7) is 1.51. The van der Waals surface area contributed by atoms with Gasteiger partial charge in [0.05, 0.1) is 15.5 Å². The largest absolute Gasteiger partial charge is 0.280 e. The van der Waals surface area contributed by atoms with Crippen molar-refractivity contribution in [1.82, 2.24) is 0 Å². The molecule has 0 aliphatic rings. The summed E-state index contributed by atoms with van der Waals surface area (Å²) in [4.78, 5) is -0.501. The molecule has 0 fully saturated rings. The lowest BCUT2D eigenvalue weighted by Gasteiger charge is -2.09. The second-order valence-electron chi connectivity index (χ2n) is 4.59. The van der Waals surface area contributed by atoms with Gasteiger partial charge in [-0.3, -0.25) is 4.72 Å². The number of nitrogens with two attached hydrogens (primary N) is 1. The predicted molar refractivity (Wildman–Crippen MR) is 79.8 cm³/mol. The first kappa shape index (κ1) is 16.4. The molecule has 118 valence electrons. The van der Waals surface area contributed by atoms with Gasteiger partial charge in [0, 0.05) is 0 Å². The number of hydrogen-bond donors (Lipinski definition) is 2. The fourth-order valence-electron chi connectivity index (χ4n) is 1.69. The lowest BCUT2D eigenvalue weighted by atomic mass is 10.2. The number of halogens is 1. The maximum atomic E-state index is 13.5. The van der Waals surface area contributed by atoms with E-state index in [1.807, 2.05) is 0 Å². The molecule has 0 aromatic heterocycles. The maximum absolute atomic E-state index is 13.5. The van der Waals surface area contributed by atoms with Gasteiger partial charge in [0.25, 0.3) is 10.0 Å². The van der Waals surface area contributed by atoms with Crippen molar-refractivity contribution < 1.29 is 21.2 Å². The van der Waals surface area contributed by atoms with Gasteiger partial charge in [0.1, 0.15) is 5.82 Å². The Morgan fingerprint density at radius 3 is 2.27 bits per heavy atom. The SMILES string of the molecule is Cc1ccc(S(=O)(=O)Nc2cccc(S(N)(=O)=O)c2)cc1F. The van der Waals surface area contributed by atoms with Crippen molar-refractivity contribution in [3.8, 4) is 0 Å². The highest BCUT2D eigenvalue weighted by molar-refractivity contribution is 7.92. The number of anilines is 1. The summed E-state index contributed by atoms with van der Waals surface area (Å²) in [5.41, 5.74) is 0.322. The highest BCUT2D eigenvalue weighted by Gasteiger charge is 2.17. The summed E-state index contributed by atoms with van der Waals surface area (Å²) in [5, 5.41) is 4.98. The molecule has 0 amide bonds. The standard InChI is InChI=1S/C13H13FN2O4S2/c1-9-5-6-12(8-13(9)14)22(19,20)16-10-3-2-4-11(7-10)21(15,17)18/h2-8,16H,1H3,(H2,15,17,18). The van der Waals surface area contributed by atoms with E-state index in [4.69, 9.17) is 5.14 Å². The summed E-state index contributed by atoms with van der Waals surface area (Å²) < 4.78 is 62.5. The van der Waals surface area contributed by atoms with Gasteiger partial charge >= 0.3 is 0 Å². The monoisotopic (exact) mass is 344 g/mol. The van der Waals surface area contributed by atoms with Crippen molar-refractivity contribution in [2.45, 2.75) is 16.7 Å². The maximum Gasteiger partial charge on any atom is 0.261 e. The summed E-state index contributed by atoms with van der Waals surface area (Å²) in [6, 6.07) is 8.50. The second-order valence-corrected chi connectivity index (χ2v) is 7.83. The van der Waals surface area contributed by atoms with E-state index < -0.39 is 25.9 Å². The Kier molecular flexibility index (Phi) is 4.23. The van der Waals surface area contributed by atoms with Crippen LogP contribution in [-0.2, 0) is 20.0 Å². The van der Waals surface area contributed by atoms with Gasteiger partial charge in [-0.2, -0.15) is 0 Å². The molecule has 0 bridgehead atoms. The fraction of sp³-hybridized carbons (Fsp3) is 0.0769. The van der Waals surface area contributed by atoms with Crippen molar-refractivity contribution in [3.63, 3.8) is 0 Å². The second kappa shape index (κ2) is 5.67. The highest BCUT2D eigenvalue weighted by atomic mass is 32.2. The summed E-state index contributed by atoms with van der Waals surface area (Å²) in [7, 11) is -7.99. The minimum atomic E-state index is -4.04. The number of rotatable bonds is 4. The van der Waals surface area contributed by atoms with Crippen LogP contribution in [0.4, 0.5) is 10.1 Å². The number of aryl methyl sites for hydroxylation is 1. The molecule has 0 heterocycles. The molecule has 2 aromatic carbocycles. The Labute approximate surface area is 127 Å². The van der Waals surface area contributed by atoms with Crippen LogP contribution in [0.2, 0.25) is 0 Å². The molecular formula is C13H13FN2O4S2. The molecule has 0 spiro atoms. The van der Waals surface area contributed by atoms with E-state index in [0.29, 0.717) is 5.56 Å². The van der Waals surface area contributed by atoms with Crippen molar-refractivity contribution >= 4 is 25.7 Å². The number of primary sulfonamides is 1. The molecule has 0 aliphatic heterocycles. The highest BCUT2D eigenvalue weighted by Crippen LogP contribution is 2.20. The molecule has 0 saturated carbocycles. The first-order valence-electron chi connectivity index (χ1n) is 6.01. The molecule has 0 unspecified atom stereocenters. The number of nitrogens with one attached hydrogen (secondary N) is 1. The quantitative estimate of drug-likeness (QED) is 0.878. The number of benzene rings is 2. The average molecular weight is 344 g/mol. The Bertz CT molecular complexity index is 925. The lowest BCUT2D eigenvalue weighted by molar-refractivity contribution is 0.592. The summed E-state index contributed by atoms with van der Waals surface area (Å²) in [6.07, 6.45) is 0. The molecular weight excluding hydrogens is 331 g/mol. The third kappa shape index (κ3) is 3.62. The zero-order valence-corrected chi connectivity index (χ0v) is 13.1. The smallest absolute Gasteiger partial charge is 0.261 e. The van der Waals surface area contributed by atoms with E-state index in [0.717, 1.165) is 12.1 Å². The van der Waals surface area contributed by atoms with Crippen molar-refractivity contribution in [2.75, 3.05) is 4.72 Å². The molecule has 3 N–H and O–H groups in total. The summed E-state index contributed by atoms with van der Waals surface area (Å²) in [5.74, 6) is -0.652. The van der Waals surface area contributed by atoms with Gasteiger partial charge in [-0.15, -0.1) is 0 Å². The first-order chi connectivity index (χ1) is 10.1. The van der Waals surface area contributed by atoms with E-state index in [9.17, 15) is 21.2 Å². The first-order valence-corrected chi connectivity index (χ1v) is 9.04. The van der Waals surface area contributed by atoms with Crippen LogP contribution in [0, 0.1) is 12.7 Å². The van der Waals surface area contributed by atoms with Gasteiger partial charge in [-0.05, 0) is 42.8 Å². The molecule has 0 aliphatic carbocycles. The molecule has 0 atom stereocenters. The van der Waals surface area contributed by atoms with Gasteiger partial charge in [-0.1, -0.05) is 12.1 Å². The zero-order valence-electron chi connectivity index (χ0n) is 11.4. The van der Waals surface area contributed by atoms with Crippen LogP contribution in [-0.4, -0.2) is 16.8 Å². The van der Waals surface area contributed by atoms with Crippen LogP contribution in [0.5, 0.6) is 0 Å². The van der Waals surface area contributed by atoms with Gasteiger partial charge < -0.3 is 0 Å². The predicted octanol–water partition coefficient (Wildman–Crippen LogP) is 1.58. The van der Waals surface area contributed by atoms with Crippen molar-refractivity contribution in [3.05, 3.63) is 53.8 Å². The molecule has 0 radical (unpaired) electrons. The van der Waals surface area contributed by atoms with Crippen molar-refractivity contribution in [2.24, 2.45) is 5.14 Å². The van der Waals surface area contributed by atoms with Gasteiger partial charge in [0.2, 0.25) is 10.0 Å². The minimum absolute atomic E-state index is 0.00695. The third-order valence-corrected chi connectivity index (χ3v) is 5.16. The molecule has 2 rings (SSSR count). The fourth-order valence-corrected chi connectivity index (χ4v) is 3.31. The average Bonchev–Trinajstić information content (AvgIpc) is 2.40. The molecule has 0 saturated heterocycles. The molecule has 6 nitrogen and oxygen atoms in total. The van der Waals surface area contributed by atoms with Gasteiger partial charge in [-0.25, -0.2) is 26.4 Å². The van der Waals surface area contributed by atoms with E-state index >= 15 is 0 Å². The Balaban J connectivity index is 2.39. The topological polar surface area (TPSA) is 106 Å². The van der Waals surface area contributed by atoms with Crippen LogP contribution in [0.25, 0.3) is 0 Å². The van der Waals surface area contributed by atoms with E-state index in [1.54, 1.807) is 0 Å². The molecule has 2 aromatic rings. The Morgan fingerprint density at radius 2 is 1.68 bits per heavy atom. The number of hydrogen-bond acceptors (Lipinski definition) is 4. The van der Waals surface area contributed by atoms with Gasteiger partial charge in [0.15, 0.2) is 0 Å². The Morgan fingerprint density at radius 1 is 1.00 bits per heavy atom. The Hall–Kier alpha value is -1.97.